The van der Waals surface area contributed by atoms with Crippen LogP contribution in [0.2, 0.25) is 0 Å². The smallest absolute Gasteiger partial charge is 0.279 e. The van der Waals surface area contributed by atoms with E-state index in [1.54, 1.807) is 4.31 Å². The maximum absolute atomic E-state index is 12.3. The molecule has 0 amide bonds. The summed E-state index contributed by atoms with van der Waals surface area (Å²) in [6.45, 7) is 7.41. The lowest BCUT2D eigenvalue weighted by molar-refractivity contribution is 0.226. The summed E-state index contributed by atoms with van der Waals surface area (Å²) in [7, 11) is -3.28. The SMILES string of the molecule is CCNCC1CCN(S(=O)(=O)NC2(C)CCC2)CC1. The van der Waals surface area contributed by atoms with E-state index >= 15 is 0 Å². The molecule has 1 aliphatic carbocycles. The van der Waals surface area contributed by atoms with E-state index in [-0.39, 0.29) is 5.54 Å². The molecule has 6 heteroatoms. The molecule has 0 unspecified atom stereocenters. The van der Waals surface area contributed by atoms with E-state index < -0.39 is 10.2 Å². The van der Waals surface area contributed by atoms with E-state index in [0.29, 0.717) is 19.0 Å². The van der Waals surface area contributed by atoms with Gasteiger partial charge in [0.25, 0.3) is 10.2 Å². The van der Waals surface area contributed by atoms with Crippen LogP contribution in [0.15, 0.2) is 0 Å². The van der Waals surface area contributed by atoms with Crippen molar-refractivity contribution in [3.8, 4) is 0 Å². The summed E-state index contributed by atoms with van der Waals surface area (Å²) in [5.74, 6) is 0.616. The van der Waals surface area contributed by atoms with Crippen molar-refractivity contribution in [3.63, 3.8) is 0 Å². The van der Waals surface area contributed by atoms with E-state index in [2.05, 4.69) is 17.0 Å². The highest BCUT2D eigenvalue weighted by atomic mass is 32.2. The van der Waals surface area contributed by atoms with Gasteiger partial charge in [-0.2, -0.15) is 17.4 Å². The molecule has 2 aliphatic rings. The van der Waals surface area contributed by atoms with Crippen molar-refractivity contribution in [2.75, 3.05) is 26.2 Å². The van der Waals surface area contributed by atoms with Gasteiger partial charge in [-0.1, -0.05) is 6.92 Å². The Morgan fingerprint density at radius 2 is 1.89 bits per heavy atom. The predicted octanol–water partition coefficient (Wildman–Crippen LogP) is 1.08. The summed E-state index contributed by atoms with van der Waals surface area (Å²) in [6.07, 6.45) is 4.98. The molecular formula is C13H27N3O2S. The molecule has 1 saturated carbocycles. The van der Waals surface area contributed by atoms with Crippen LogP contribution in [0.1, 0.15) is 46.0 Å². The third kappa shape index (κ3) is 3.90. The van der Waals surface area contributed by atoms with Crippen molar-refractivity contribution in [1.82, 2.24) is 14.3 Å². The second-order valence-electron chi connectivity index (χ2n) is 6.17. The summed E-state index contributed by atoms with van der Waals surface area (Å²) < 4.78 is 29.1. The first-order valence-electron chi connectivity index (χ1n) is 7.45. The first kappa shape index (κ1) is 15.2. The quantitative estimate of drug-likeness (QED) is 0.769. The highest BCUT2D eigenvalue weighted by Gasteiger charge is 2.38. The largest absolute Gasteiger partial charge is 0.317 e. The lowest BCUT2D eigenvalue weighted by Crippen LogP contribution is -2.56. The van der Waals surface area contributed by atoms with Gasteiger partial charge in [0, 0.05) is 18.6 Å². The predicted molar refractivity (Wildman–Crippen MR) is 77.2 cm³/mol. The fraction of sp³-hybridized carbons (Fsp3) is 1.00. The van der Waals surface area contributed by atoms with Gasteiger partial charge in [-0.25, -0.2) is 0 Å². The minimum atomic E-state index is -3.28. The highest BCUT2D eigenvalue weighted by Crippen LogP contribution is 2.32. The van der Waals surface area contributed by atoms with Crippen LogP contribution in [-0.2, 0) is 10.2 Å². The van der Waals surface area contributed by atoms with E-state index in [1.165, 1.54) is 0 Å². The van der Waals surface area contributed by atoms with Gasteiger partial charge in [-0.3, -0.25) is 0 Å². The van der Waals surface area contributed by atoms with Crippen molar-refractivity contribution in [2.45, 2.75) is 51.5 Å². The molecule has 112 valence electrons. The van der Waals surface area contributed by atoms with Crippen molar-refractivity contribution in [2.24, 2.45) is 5.92 Å². The molecule has 0 aromatic rings. The van der Waals surface area contributed by atoms with Crippen LogP contribution >= 0.6 is 0 Å². The van der Waals surface area contributed by atoms with Gasteiger partial charge in [-0.15, -0.1) is 0 Å². The minimum absolute atomic E-state index is 0.195. The van der Waals surface area contributed by atoms with Crippen LogP contribution in [0.4, 0.5) is 0 Å². The Labute approximate surface area is 117 Å². The van der Waals surface area contributed by atoms with Crippen LogP contribution in [-0.4, -0.2) is 44.4 Å². The van der Waals surface area contributed by atoms with E-state index in [1.807, 2.05) is 6.92 Å². The Balaban J connectivity index is 1.82. The Kier molecular flexibility index (Phi) is 4.87. The molecule has 2 fully saturated rings. The van der Waals surface area contributed by atoms with Crippen molar-refractivity contribution < 1.29 is 8.42 Å². The molecule has 1 aliphatic heterocycles. The van der Waals surface area contributed by atoms with Gasteiger partial charge in [0.15, 0.2) is 0 Å². The molecule has 2 N–H and O–H groups in total. The number of piperidine rings is 1. The van der Waals surface area contributed by atoms with Crippen LogP contribution in [0.5, 0.6) is 0 Å². The molecule has 0 spiro atoms. The molecule has 1 saturated heterocycles. The molecule has 0 bridgehead atoms. The Morgan fingerprint density at radius 3 is 2.37 bits per heavy atom. The standard InChI is InChI=1S/C13H27N3O2S/c1-3-14-11-12-5-9-16(10-6-12)19(17,18)15-13(2)7-4-8-13/h12,14-15H,3-11H2,1-2H3. The highest BCUT2D eigenvalue weighted by molar-refractivity contribution is 7.87. The third-order valence-electron chi connectivity index (χ3n) is 4.43. The van der Waals surface area contributed by atoms with E-state index in [9.17, 15) is 8.42 Å². The number of nitrogens with one attached hydrogen (secondary N) is 2. The lowest BCUT2D eigenvalue weighted by atomic mass is 9.80. The average Bonchev–Trinajstić information content (AvgIpc) is 2.34. The number of hydrogen-bond acceptors (Lipinski definition) is 3. The average molecular weight is 289 g/mol. The maximum Gasteiger partial charge on any atom is 0.279 e. The molecule has 1 heterocycles. The van der Waals surface area contributed by atoms with Gasteiger partial charge in [0.2, 0.25) is 0 Å². The summed E-state index contributed by atoms with van der Waals surface area (Å²) >= 11 is 0. The summed E-state index contributed by atoms with van der Waals surface area (Å²) in [5.41, 5.74) is -0.195. The molecule has 19 heavy (non-hydrogen) atoms. The summed E-state index contributed by atoms with van der Waals surface area (Å²) in [5, 5.41) is 3.34. The number of rotatable bonds is 6. The lowest BCUT2D eigenvalue weighted by Gasteiger charge is -2.41. The van der Waals surface area contributed by atoms with Crippen LogP contribution < -0.4 is 10.0 Å². The fourth-order valence-electron chi connectivity index (χ4n) is 2.89. The van der Waals surface area contributed by atoms with Gasteiger partial charge < -0.3 is 5.32 Å². The zero-order chi connectivity index (χ0) is 13.9. The Morgan fingerprint density at radius 1 is 1.26 bits per heavy atom. The van der Waals surface area contributed by atoms with E-state index in [0.717, 1.165) is 45.2 Å². The maximum atomic E-state index is 12.3. The second kappa shape index (κ2) is 6.08. The van der Waals surface area contributed by atoms with Gasteiger partial charge in [0.1, 0.15) is 0 Å². The molecule has 0 atom stereocenters. The van der Waals surface area contributed by atoms with Gasteiger partial charge in [0.05, 0.1) is 0 Å². The molecule has 5 nitrogen and oxygen atoms in total. The van der Waals surface area contributed by atoms with E-state index in [4.69, 9.17) is 0 Å². The monoisotopic (exact) mass is 289 g/mol. The van der Waals surface area contributed by atoms with Crippen molar-refractivity contribution >= 4 is 10.2 Å². The first-order valence-corrected chi connectivity index (χ1v) is 8.89. The topological polar surface area (TPSA) is 61.4 Å². The second-order valence-corrected chi connectivity index (χ2v) is 7.84. The van der Waals surface area contributed by atoms with Crippen molar-refractivity contribution in [1.29, 1.82) is 0 Å². The fourth-order valence-corrected chi connectivity index (χ4v) is 4.53. The Hall–Kier alpha value is -0.170. The summed E-state index contributed by atoms with van der Waals surface area (Å²) in [6, 6.07) is 0. The molecular weight excluding hydrogens is 262 g/mol. The van der Waals surface area contributed by atoms with Gasteiger partial charge in [-0.05, 0) is 58.0 Å². The molecule has 0 aromatic heterocycles. The van der Waals surface area contributed by atoms with Crippen LogP contribution in [0.25, 0.3) is 0 Å². The zero-order valence-corrected chi connectivity index (χ0v) is 12.9. The molecule has 0 aromatic carbocycles. The Bertz CT molecular complexity index is 385. The number of nitrogens with zero attached hydrogens (tertiary/aromatic N) is 1. The van der Waals surface area contributed by atoms with Crippen LogP contribution in [0.3, 0.4) is 0 Å². The van der Waals surface area contributed by atoms with Crippen molar-refractivity contribution in [3.05, 3.63) is 0 Å². The zero-order valence-electron chi connectivity index (χ0n) is 12.1. The number of hydrogen-bond donors (Lipinski definition) is 2. The normalized spacial score (nSPS) is 25.2. The minimum Gasteiger partial charge on any atom is -0.317 e. The van der Waals surface area contributed by atoms with Gasteiger partial charge >= 0.3 is 0 Å². The third-order valence-corrected chi connectivity index (χ3v) is 6.22. The molecule has 2 rings (SSSR count). The summed E-state index contributed by atoms with van der Waals surface area (Å²) in [4.78, 5) is 0. The molecule has 0 radical (unpaired) electrons. The first-order chi connectivity index (χ1) is 8.95. The van der Waals surface area contributed by atoms with Crippen LogP contribution in [0, 0.1) is 5.92 Å².